The molecule has 3 unspecified atom stereocenters. The number of hydrogen-bond acceptors (Lipinski definition) is 3. The lowest BCUT2D eigenvalue weighted by molar-refractivity contribution is -0.150. The van der Waals surface area contributed by atoms with Crippen molar-refractivity contribution < 1.29 is 14.3 Å². The summed E-state index contributed by atoms with van der Waals surface area (Å²) < 4.78 is 5.05. The summed E-state index contributed by atoms with van der Waals surface area (Å²) >= 11 is 0. The normalized spacial score (nSPS) is 34.9. The Labute approximate surface area is 113 Å². The van der Waals surface area contributed by atoms with Crippen LogP contribution in [-0.2, 0) is 14.3 Å². The topological polar surface area (TPSA) is 43.4 Å². The van der Waals surface area contributed by atoms with Crippen molar-refractivity contribution in [3.05, 3.63) is 23.8 Å². The van der Waals surface area contributed by atoms with E-state index in [0.717, 1.165) is 19.3 Å². The van der Waals surface area contributed by atoms with E-state index in [-0.39, 0.29) is 17.8 Å². The molecule has 0 aromatic rings. The second-order valence-electron chi connectivity index (χ2n) is 6.54. The van der Waals surface area contributed by atoms with Crippen LogP contribution in [0.15, 0.2) is 23.8 Å². The predicted molar refractivity (Wildman–Crippen MR) is 71.4 cm³/mol. The van der Waals surface area contributed by atoms with Crippen LogP contribution in [0.25, 0.3) is 0 Å². The zero-order valence-corrected chi connectivity index (χ0v) is 11.4. The van der Waals surface area contributed by atoms with E-state index >= 15 is 0 Å². The number of carbonyl (C=O) groups is 2. The molecule has 19 heavy (non-hydrogen) atoms. The third kappa shape index (κ3) is 2.15. The van der Waals surface area contributed by atoms with E-state index in [2.05, 4.69) is 12.7 Å². The molecule has 0 saturated heterocycles. The highest BCUT2D eigenvalue weighted by molar-refractivity contribution is 5.92. The Morgan fingerprint density at radius 2 is 2.26 bits per heavy atom. The van der Waals surface area contributed by atoms with Gasteiger partial charge in [-0.2, -0.15) is 0 Å². The lowest BCUT2D eigenvalue weighted by Gasteiger charge is -2.51. The second kappa shape index (κ2) is 4.32. The molecule has 2 fully saturated rings. The average Bonchev–Trinajstić information content (AvgIpc) is 2.33. The molecule has 0 radical (unpaired) electrons. The van der Waals surface area contributed by atoms with Crippen molar-refractivity contribution in [1.82, 2.24) is 0 Å². The summed E-state index contributed by atoms with van der Waals surface area (Å²) in [5.41, 5.74) is 1.57. The minimum atomic E-state index is -0.461. The first-order chi connectivity index (χ1) is 8.98. The molecule has 102 valence electrons. The fraction of sp³-hybridized carbons (Fsp3) is 0.625. The summed E-state index contributed by atoms with van der Waals surface area (Å²) in [6.07, 6.45) is 7.63. The number of carbonyl (C=O) groups excluding carboxylic acids is 2. The van der Waals surface area contributed by atoms with Crippen LogP contribution >= 0.6 is 0 Å². The Bertz CT molecular complexity index is 488. The highest BCUT2D eigenvalue weighted by Gasteiger charge is 2.51. The number of ether oxygens (including phenoxy) is 1. The zero-order valence-electron chi connectivity index (χ0n) is 11.4. The van der Waals surface area contributed by atoms with Gasteiger partial charge >= 0.3 is 5.97 Å². The van der Waals surface area contributed by atoms with Gasteiger partial charge in [0.15, 0.2) is 12.4 Å². The first-order valence-corrected chi connectivity index (χ1v) is 7.04. The molecule has 3 atom stereocenters. The van der Waals surface area contributed by atoms with Crippen LogP contribution in [0, 0.1) is 17.3 Å². The largest absolute Gasteiger partial charge is 0.454 e. The van der Waals surface area contributed by atoms with E-state index in [9.17, 15) is 9.59 Å². The molecule has 0 aliphatic heterocycles. The lowest BCUT2D eigenvalue weighted by atomic mass is 9.52. The Hall–Kier alpha value is -1.38. The number of hydrogen-bond donors (Lipinski definition) is 0. The van der Waals surface area contributed by atoms with E-state index in [4.69, 9.17) is 4.74 Å². The highest BCUT2D eigenvalue weighted by Crippen LogP contribution is 2.57. The van der Waals surface area contributed by atoms with Gasteiger partial charge in [0.2, 0.25) is 0 Å². The van der Waals surface area contributed by atoms with Crippen LogP contribution in [-0.4, -0.2) is 18.4 Å². The summed E-state index contributed by atoms with van der Waals surface area (Å²) in [7, 11) is 0. The maximum absolute atomic E-state index is 12.5. The Morgan fingerprint density at radius 1 is 1.47 bits per heavy atom. The van der Waals surface area contributed by atoms with Crippen LogP contribution in [0.3, 0.4) is 0 Å². The van der Waals surface area contributed by atoms with Crippen molar-refractivity contribution in [3.63, 3.8) is 0 Å². The molecule has 3 nitrogen and oxygen atoms in total. The van der Waals surface area contributed by atoms with Gasteiger partial charge < -0.3 is 4.74 Å². The van der Waals surface area contributed by atoms with E-state index in [1.807, 2.05) is 0 Å². The molecule has 4 aliphatic rings. The number of Topliss-reactive ketones (excluding diaryl/α,β-unsaturated/α-hetero) is 1. The van der Waals surface area contributed by atoms with Crippen LogP contribution in [0.5, 0.6) is 0 Å². The third-order valence-electron chi connectivity index (χ3n) is 4.83. The molecular formula is C16H20O3. The number of rotatable bonds is 4. The van der Waals surface area contributed by atoms with Gasteiger partial charge in [-0.15, -0.1) is 0 Å². The van der Waals surface area contributed by atoms with Crippen molar-refractivity contribution in [2.75, 3.05) is 6.61 Å². The maximum Gasteiger partial charge on any atom is 0.333 e. The Kier molecular flexibility index (Phi) is 2.88. The molecule has 3 heteroatoms. The highest BCUT2D eigenvalue weighted by atomic mass is 16.5. The van der Waals surface area contributed by atoms with E-state index in [0.29, 0.717) is 17.4 Å². The van der Waals surface area contributed by atoms with Gasteiger partial charge in [-0.1, -0.05) is 18.2 Å². The van der Waals surface area contributed by atoms with Gasteiger partial charge in [0.25, 0.3) is 0 Å². The molecule has 0 heterocycles. The first kappa shape index (κ1) is 12.6. The summed E-state index contributed by atoms with van der Waals surface area (Å²) in [5.74, 6) is 0.907. The van der Waals surface area contributed by atoms with Crippen LogP contribution in [0.4, 0.5) is 0 Å². The zero-order chi connectivity index (χ0) is 13.6. The number of ketones is 1. The fourth-order valence-electron chi connectivity index (χ4n) is 4.23. The summed E-state index contributed by atoms with van der Waals surface area (Å²) in [4.78, 5) is 23.9. The fourth-order valence-corrected chi connectivity index (χ4v) is 4.23. The van der Waals surface area contributed by atoms with E-state index in [1.54, 1.807) is 6.92 Å². The van der Waals surface area contributed by atoms with Gasteiger partial charge in [-0.05, 0) is 50.9 Å². The Balaban J connectivity index is 1.69. The lowest BCUT2D eigenvalue weighted by Crippen LogP contribution is -2.47. The number of esters is 1. The van der Waals surface area contributed by atoms with Crippen molar-refractivity contribution in [3.8, 4) is 0 Å². The molecule has 4 rings (SSSR count). The van der Waals surface area contributed by atoms with Gasteiger partial charge in [-0.25, -0.2) is 4.79 Å². The minimum Gasteiger partial charge on any atom is -0.454 e. The summed E-state index contributed by atoms with van der Waals surface area (Å²) in [6, 6.07) is 0. The van der Waals surface area contributed by atoms with Crippen LogP contribution in [0.1, 0.15) is 39.0 Å². The average molecular weight is 260 g/mol. The smallest absolute Gasteiger partial charge is 0.333 e. The van der Waals surface area contributed by atoms with Crippen LogP contribution in [0.2, 0.25) is 0 Å². The molecule has 0 aromatic heterocycles. The van der Waals surface area contributed by atoms with E-state index < -0.39 is 5.97 Å². The molecule has 4 aliphatic carbocycles. The molecule has 0 aromatic carbocycles. The maximum atomic E-state index is 12.5. The standard InChI is InChI=1S/C16H20O3/c1-10(2)15(18)19-9-14(17)16-6-11-3-12(7-16)5-13(4-11)8-16/h3,11,13H,1,4-9H2,2H3. The third-order valence-corrected chi connectivity index (χ3v) is 4.83. The van der Waals surface area contributed by atoms with Gasteiger partial charge in [-0.3, -0.25) is 4.79 Å². The molecule has 4 bridgehead atoms. The van der Waals surface area contributed by atoms with Crippen molar-refractivity contribution in [1.29, 1.82) is 0 Å². The molecule has 0 amide bonds. The second-order valence-corrected chi connectivity index (χ2v) is 6.54. The number of allylic oxidation sites excluding steroid dienone is 2. The van der Waals surface area contributed by atoms with Crippen LogP contribution < -0.4 is 0 Å². The molecular weight excluding hydrogens is 240 g/mol. The Morgan fingerprint density at radius 3 is 2.89 bits per heavy atom. The SMILES string of the molecule is C=C(C)C(=O)OCC(=O)C12CC3=CC(CC(C3)C1)C2. The predicted octanol–water partition coefficient (Wildman–Crippen LogP) is 2.81. The minimum absolute atomic E-state index is 0.0849. The monoisotopic (exact) mass is 260 g/mol. The molecule has 0 N–H and O–H groups in total. The van der Waals surface area contributed by atoms with Gasteiger partial charge in [0.1, 0.15) is 0 Å². The quantitative estimate of drug-likeness (QED) is 0.443. The van der Waals surface area contributed by atoms with E-state index in [1.165, 1.54) is 18.4 Å². The van der Waals surface area contributed by atoms with Gasteiger partial charge in [0, 0.05) is 11.0 Å². The molecule has 2 saturated carbocycles. The first-order valence-electron chi connectivity index (χ1n) is 7.04. The molecule has 0 spiro atoms. The van der Waals surface area contributed by atoms with Gasteiger partial charge in [0.05, 0.1) is 0 Å². The van der Waals surface area contributed by atoms with Crippen molar-refractivity contribution in [2.45, 2.75) is 39.0 Å². The van der Waals surface area contributed by atoms with Crippen molar-refractivity contribution >= 4 is 11.8 Å². The van der Waals surface area contributed by atoms with Crippen molar-refractivity contribution in [2.24, 2.45) is 17.3 Å². The summed E-state index contributed by atoms with van der Waals surface area (Å²) in [5, 5.41) is 0. The summed E-state index contributed by atoms with van der Waals surface area (Å²) in [6.45, 7) is 5.05.